The highest BCUT2D eigenvalue weighted by molar-refractivity contribution is 5.99. The predicted octanol–water partition coefficient (Wildman–Crippen LogP) is 1.60. The van der Waals surface area contributed by atoms with E-state index in [2.05, 4.69) is 5.32 Å². The SMILES string of the molecule is CC(=O)c1cccc2c1O2.CC(N)NC(C)(C)O. The van der Waals surface area contributed by atoms with Gasteiger partial charge in [0.15, 0.2) is 17.3 Å². The van der Waals surface area contributed by atoms with Gasteiger partial charge in [-0.3, -0.25) is 10.1 Å². The highest BCUT2D eigenvalue weighted by Crippen LogP contribution is 2.47. The number of carbonyl (C=O) groups is 1. The largest absolute Gasteiger partial charge is 0.449 e. The van der Waals surface area contributed by atoms with E-state index >= 15 is 0 Å². The molecule has 0 amide bonds. The number of para-hydroxylation sites is 1. The van der Waals surface area contributed by atoms with Crippen molar-refractivity contribution >= 4 is 5.78 Å². The molecule has 0 saturated carbocycles. The van der Waals surface area contributed by atoms with Crippen LogP contribution < -0.4 is 15.8 Å². The molecule has 0 saturated heterocycles. The quantitative estimate of drug-likeness (QED) is 0.439. The molecule has 5 nitrogen and oxygen atoms in total. The molecular weight excluding hydrogens is 232 g/mol. The number of hydrogen-bond donors (Lipinski definition) is 3. The Labute approximate surface area is 107 Å². The Balaban J connectivity index is 0.000000187. The Morgan fingerprint density at radius 2 is 2.11 bits per heavy atom. The van der Waals surface area contributed by atoms with Gasteiger partial charge in [-0.2, -0.15) is 0 Å². The van der Waals surface area contributed by atoms with E-state index in [0.717, 1.165) is 11.5 Å². The summed E-state index contributed by atoms with van der Waals surface area (Å²) in [4.78, 5) is 10.8. The van der Waals surface area contributed by atoms with Crippen molar-refractivity contribution in [1.29, 1.82) is 0 Å². The van der Waals surface area contributed by atoms with Crippen LogP contribution in [0.2, 0.25) is 0 Å². The number of hydrogen-bond acceptors (Lipinski definition) is 5. The zero-order valence-electron chi connectivity index (χ0n) is 11.2. The number of aliphatic hydroxyl groups is 1. The van der Waals surface area contributed by atoms with Crippen molar-refractivity contribution in [3.05, 3.63) is 23.8 Å². The van der Waals surface area contributed by atoms with Gasteiger partial charge >= 0.3 is 0 Å². The van der Waals surface area contributed by atoms with Gasteiger partial charge in [-0.15, -0.1) is 0 Å². The van der Waals surface area contributed by atoms with Crippen molar-refractivity contribution in [3.8, 4) is 11.5 Å². The summed E-state index contributed by atoms with van der Waals surface area (Å²) in [6.07, 6.45) is -0.157. The van der Waals surface area contributed by atoms with Gasteiger partial charge in [0.25, 0.3) is 0 Å². The summed E-state index contributed by atoms with van der Waals surface area (Å²) in [5.74, 6) is 1.66. The van der Waals surface area contributed by atoms with Crippen molar-refractivity contribution < 1.29 is 14.6 Å². The molecule has 1 aromatic carbocycles. The lowest BCUT2D eigenvalue weighted by molar-refractivity contribution is 0.0339. The first kappa shape index (κ1) is 14.6. The summed E-state index contributed by atoms with van der Waals surface area (Å²) in [5, 5.41) is 11.7. The lowest BCUT2D eigenvalue weighted by Gasteiger charge is -2.21. The molecule has 0 radical (unpaired) electrons. The van der Waals surface area contributed by atoms with Crippen LogP contribution in [0.15, 0.2) is 18.2 Å². The highest BCUT2D eigenvalue weighted by Gasteiger charge is 2.25. The van der Waals surface area contributed by atoms with Gasteiger partial charge in [-0.05, 0) is 39.8 Å². The normalized spacial score (nSPS) is 13.7. The van der Waals surface area contributed by atoms with Crippen LogP contribution >= 0.6 is 0 Å². The van der Waals surface area contributed by atoms with Gasteiger partial charge in [-0.25, -0.2) is 0 Å². The first-order valence-electron chi connectivity index (χ1n) is 5.78. The molecule has 4 N–H and O–H groups in total. The van der Waals surface area contributed by atoms with E-state index < -0.39 is 5.72 Å². The number of fused-ring (bicyclic) bond motifs is 1. The van der Waals surface area contributed by atoms with Crippen molar-refractivity contribution in [1.82, 2.24) is 5.32 Å². The van der Waals surface area contributed by atoms with Crippen LogP contribution in [0.4, 0.5) is 0 Å². The molecule has 1 aromatic rings. The Morgan fingerprint density at radius 1 is 1.50 bits per heavy atom. The average molecular weight is 252 g/mol. The van der Waals surface area contributed by atoms with Crippen molar-refractivity contribution in [2.75, 3.05) is 0 Å². The Hall–Kier alpha value is -1.43. The number of ether oxygens (including phenoxy) is 1. The van der Waals surface area contributed by atoms with E-state index in [-0.39, 0.29) is 11.9 Å². The molecule has 0 aliphatic carbocycles. The van der Waals surface area contributed by atoms with Crippen LogP contribution in [-0.4, -0.2) is 22.8 Å². The van der Waals surface area contributed by atoms with Crippen LogP contribution in [0.3, 0.4) is 0 Å². The van der Waals surface area contributed by atoms with Crippen LogP contribution in [0, 0.1) is 0 Å². The smallest absolute Gasteiger partial charge is 0.180 e. The molecule has 100 valence electrons. The summed E-state index contributed by atoms with van der Waals surface area (Å²) in [7, 11) is 0. The molecule has 0 fully saturated rings. The fourth-order valence-electron chi connectivity index (χ4n) is 1.52. The van der Waals surface area contributed by atoms with E-state index in [1.165, 1.54) is 6.92 Å². The molecular formula is C13H20N2O3. The van der Waals surface area contributed by atoms with E-state index in [4.69, 9.17) is 15.6 Å². The van der Waals surface area contributed by atoms with Crippen molar-refractivity contribution in [2.45, 2.75) is 39.6 Å². The third-order valence-electron chi connectivity index (χ3n) is 2.11. The molecule has 0 aromatic heterocycles. The third-order valence-corrected chi connectivity index (χ3v) is 2.11. The number of carbonyl (C=O) groups excluding carboxylic acids is 1. The van der Waals surface area contributed by atoms with Crippen LogP contribution in [0.5, 0.6) is 11.5 Å². The third kappa shape index (κ3) is 4.83. The van der Waals surface area contributed by atoms with Gasteiger partial charge in [0.2, 0.25) is 0 Å². The second kappa shape index (κ2) is 5.48. The van der Waals surface area contributed by atoms with Gasteiger partial charge in [-0.1, -0.05) is 6.07 Å². The standard InChI is InChI=1S/C8H6O2.C5H14N2O/c1-5(9)6-3-2-4-7-8(6)10-7;1-4(6)7-5(2,3)8/h2-4H,1H3;4,7-8H,6H2,1-3H3. The zero-order valence-corrected chi connectivity index (χ0v) is 11.2. The first-order chi connectivity index (χ1) is 8.20. The Bertz CT molecular complexity index is 436. The fourth-order valence-corrected chi connectivity index (χ4v) is 1.52. The lowest BCUT2D eigenvalue weighted by atomic mass is 10.2. The van der Waals surface area contributed by atoms with Crippen LogP contribution in [0.1, 0.15) is 38.1 Å². The Morgan fingerprint density at radius 3 is 2.44 bits per heavy atom. The summed E-state index contributed by atoms with van der Waals surface area (Å²) in [5.41, 5.74) is 5.15. The lowest BCUT2D eigenvalue weighted by Crippen LogP contribution is -2.48. The van der Waals surface area contributed by atoms with E-state index in [0.29, 0.717) is 5.56 Å². The predicted molar refractivity (Wildman–Crippen MR) is 69.6 cm³/mol. The van der Waals surface area contributed by atoms with Crippen molar-refractivity contribution in [2.24, 2.45) is 5.73 Å². The van der Waals surface area contributed by atoms with Gasteiger partial charge in [0.1, 0.15) is 5.72 Å². The summed E-state index contributed by atoms with van der Waals surface area (Å²) in [6.45, 7) is 6.61. The van der Waals surface area contributed by atoms with E-state index in [1.807, 2.05) is 12.1 Å². The number of rotatable bonds is 3. The molecule has 2 rings (SSSR count). The van der Waals surface area contributed by atoms with Gasteiger partial charge in [0, 0.05) is 0 Å². The monoisotopic (exact) mass is 252 g/mol. The van der Waals surface area contributed by atoms with E-state index in [9.17, 15) is 4.79 Å². The van der Waals surface area contributed by atoms with Crippen molar-refractivity contribution in [3.63, 3.8) is 0 Å². The minimum absolute atomic E-state index is 0.0642. The molecule has 18 heavy (non-hydrogen) atoms. The summed E-state index contributed by atoms with van der Waals surface area (Å²) in [6, 6.07) is 5.44. The van der Waals surface area contributed by atoms with Gasteiger partial charge < -0.3 is 15.6 Å². The first-order valence-corrected chi connectivity index (χ1v) is 5.78. The van der Waals surface area contributed by atoms with Crippen LogP contribution in [0.25, 0.3) is 0 Å². The van der Waals surface area contributed by atoms with E-state index in [1.54, 1.807) is 26.8 Å². The molecule has 5 heteroatoms. The second-order valence-corrected chi connectivity index (χ2v) is 4.78. The maximum absolute atomic E-state index is 10.8. The van der Waals surface area contributed by atoms with Crippen LogP contribution in [-0.2, 0) is 0 Å². The maximum atomic E-state index is 10.8. The number of nitrogens with one attached hydrogen (secondary N) is 1. The summed E-state index contributed by atoms with van der Waals surface area (Å²) >= 11 is 0. The molecule has 1 aliphatic heterocycles. The second-order valence-electron chi connectivity index (χ2n) is 4.78. The van der Waals surface area contributed by atoms with Gasteiger partial charge in [0.05, 0.1) is 11.7 Å². The minimum atomic E-state index is -0.853. The number of benzene rings is 1. The molecule has 1 aliphatic rings. The zero-order chi connectivity index (χ0) is 13.9. The molecule has 1 unspecified atom stereocenters. The number of nitrogens with two attached hydrogens (primary N) is 1. The number of ketones is 1. The number of Topliss-reactive ketones (excluding diaryl/α,β-unsaturated/α-hetero) is 1. The highest BCUT2D eigenvalue weighted by atomic mass is 16.6. The maximum Gasteiger partial charge on any atom is 0.180 e. The fraction of sp³-hybridized carbons (Fsp3) is 0.462. The molecule has 1 atom stereocenters. The topological polar surface area (TPSA) is 87.9 Å². The molecule has 0 spiro atoms. The minimum Gasteiger partial charge on any atom is -0.449 e. The Kier molecular flexibility index (Phi) is 4.45. The molecule has 1 heterocycles. The molecule has 0 bridgehead atoms. The summed E-state index contributed by atoms with van der Waals surface area (Å²) < 4.78 is 5.01. The average Bonchev–Trinajstić information content (AvgIpc) is 2.91.